The summed E-state index contributed by atoms with van der Waals surface area (Å²) < 4.78 is 4.99. The van der Waals surface area contributed by atoms with Gasteiger partial charge in [-0.2, -0.15) is 0 Å². The third kappa shape index (κ3) is 4.45. The largest absolute Gasteiger partial charge is 0.481 e. The van der Waals surface area contributed by atoms with Crippen LogP contribution in [0.15, 0.2) is 30.3 Å². The van der Waals surface area contributed by atoms with E-state index in [1.165, 1.54) is 6.92 Å². The van der Waals surface area contributed by atoms with E-state index in [1.54, 1.807) is 6.92 Å². The number of aliphatic carboxylic acids is 1. The molecule has 0 unspecified atom stereocenters. The van der Waals surface area contributed by atoms with Crippen molar-refractivity contribution in [3.63, 3.8) is 0 Å². The van der Waals surface area contributed by atoms with Crippen LogP contribution in [0.3, 0.4) is 0 Å². The van der Waals surface area contributed by atoms with Crippen molar-refractivity contribution in [2.45, 2.75) is 26.5 Å². The number of hydrogen-bond donors (Lipinski definition) is 2. The minimum Gasteiger partial charge on any atom is -0.481 e. The van der Waals surface area contributed by atoms with E-state index < -0.39 is 24.0 Å². The van der Waals surface area contributed by atoms with Gasteiger partial charge in [-0.3, -0.25) is 4.79 Å². The summed E-state index contributed by atoms with van der Waals surface area (Å²) in [6.45, 7) is 3.33. The summed E-state index contributed by atoms with van der Waals surface area (Å²) in [7, 11) is 0. The van der Waals surface area contributed by atoms with Crippen molar-refractivity contribution in [2.24, 2.45) is 5.92 Å². The first-order chi connectivity index (χ1) is 8.50. The van der Waals surface area contributed by atoms with Crippen LogP contribution in [0, 0.1) is 5.92 Å². The minimum absolute atomic E-state index is 0.168. The topological polar surface area (TPSA) is 75.6 Å². The molecule has 1 rings (SSSR count). The number of hydrogen-bond acceptors (Lipinski definition) is 3. The van der Waals surface area contributed by atoms with E-state index in [4.69, 9.17) is 9.84 Å². The summed E-state index contributed by atoms with van der Waals surface area (Å²) in [6.07, 6.45) is -0.612. The summed E-state index contributed by atoms with van der Waals surface area (Å²) in [6, 6.07) is 8.79. The highest BCUT2D eigenvalue weighted by molar-refractivity contribution is 5.73. The zero-order valence-electron chi connectivity index (χ0n) is 10.4. The molecule has 18 heavy (non-hydrogen) atoms. The van der Waals surface area contributed by atoms with Crippen LogP contribution in [0.4, 0.5) is 4.79 Å². The number of carbonyl (C=O) groups excluding carboxylic acids is 1. The third-order valence-corrected chi connectivity index (χ3v) is 2.70. The van der Waals surface area contributed by atoms with Crippen molar-refractivity contribution >= 4 is 12.1 Å². The van der Waals surface area contributed by atoms with Gasteiger partial charge in [0.15, 0.2) is 0 Å². The third-order valence-electron chi connectivity index (χ3n) is 2.70. The van der Waals surface area contributed by atoms with Gasteiger partial charge in [0, 0.05) is 6.04 Å². The van der Waals surface area contributed by atoms with Gasteiger partial charge >= 0.3 is 12.1 Å². The second kappa shape index (κ2) is 6.64. The SMILES string of the molecule is C[C@@H](NC(=O)OCc1ccccc1)[C@@H](C)C(=O)O. The van der Waals surface area contributed by atoms with Crippen molar-refractivity contribution in [1.29, 1.82) is 0 Å². The molecule has 1 amide bonds. The molecule has 0 radical (unpaired) electrons. The average Bonchev–Trinajstić information content (AvgIpc) is 2.36. The van der Waals surface area contributed by atoms with E-state index in [-0.39, 0.29) is 6.61 Å². The molecule has 5 heteroatoms. The molecule has 1 aromatic rings. The van der Waals surface area contributed by atoms with Crippen LogP contribution in [0.2, 0.25) is 0 Å². The zero-order chi connectivity index (χ0) is 13.5. The predicted molar refractivity (Wildman–Crippen MR) is 66.0 cm³/mol. The van der Waals surface area contributed by atoms with Crippen molar-refractivity contribution in [2.75, 3.05) is 0 Å². The van der Waals surface area contributed by atoms with Gasteiger partial charge in [0.1, 0.15) is 6.61 Å². The summed E-state index contributed by atoms with van der Waals surface area (Å²) in [5, 5.41) is 11.3. The molecule has 0 heterocycles. The van der Waals surface area contributed by atoms with E-state index in [1.807, 2.05) is 30.3 Å². The molecule has 0 aliphatic heterocycles. The monoisotopic (exact) mass is 251 g/mol. The van der Waals surface area contributed by atoms with E-state index in [0.29, 0.717) is 0 Å². The molecule has 1 aromatic carbocycles. The second-order valence-electron chi connectivity index (χ2n) is 4.12. The normalized spacial score (nSPS) is 13.4. The smallest absolute Gasteiger partial charge is 0.407 e. The second-order valence-corrected chi connectivity index (χ2v) is 4.12. The fraction of sp³-hybridized carbons (Fsp3) is 0.385. The van der Waals surface area contributed by atoms with Crippen LogP contribution in [0.5, 0.6) is 0 Å². The van der Waals surface area contributed by atoms with Gasteiger partial charge in [-0.05, 0) is 19.4 Å². The van der Waals surface area contributed by atoms with Gasteiger partial charge in [0.2, 0.25) is 0 Å². The molecular weight excluding hydrogens is 234 g/mol. The van der Waals surface area contributed by atoms with Gasteiger partial charge in [0.05, 0.1) is 5.92 Å². The number of carboxylic acid groups (broad SMARTS) is 1. The van der Waals surface area contributed by atoms with Gasteiger partial charge in [0.25, 0.3) is 0 Å². The van der Waals surface area contributed by atoms with Gasteiger partial charge in [-0.15, -0.1) is 0 Å². The molecule has 98 valence electrons. The molecule has 0 bridgehead atoms. The number of carbonyl (C=O) groups is 2. The Bertz CT molecular complexity index is 405. The number of carboxylic acids is 1. The number of rotatable bonds is 5. The summed E-state index contributed by atoms with van der Waals surface area (Å²) in [5.41, 5.74) is 0.881. The lowest BCUT2D eigenvalue weighted by atomic mass is 10.1. The maximum absolute atomic E-state index is 11.4. The molecule has 2 N–H and O–H groups in total. The number of ether oxygens (including phenoxy) is 1. The number of alkyl carbamates (subject to hydrolysis) is 1. The number of amides is 1. The van der Waals surface area contributed by atoms with Gasteiger partial charge < -0.3 is 15.2 Å². The Hall–Kier alpha value is -2.04. The fourth-order valence-corrected chi connectivity index (χ4v) is 1.29. The van der Waals surface area contributed by atoms with E-state index in [9.17, 15) is 9.59 Å². The lowest BCUT2D eigenvalue weighted by Crippen LogP contribution is -2.40. The molecule has 0 aromatic heterocycles. The fourth-order valence-electron chi connectivity index (χ4n) is 1.29. The van der Waals surface area contributed by atoms with Crippen LogP contribution in [-0.4, -0.2) is 23.2 Å². The Morgan fingerprint density at radius 3 is 2.44 bits per heavy atom. The standard InChI is InChI=1S/C13H17NO4/c1-9(12(15)16)10(2)14-13(17)18-8-11-6-4-3-5-7-11/h3-7,9-10H,8H2,1-2H3,(H,14,17)(H,15,16)/t9-,10-/m1/s1. The van der Waals surface area contributed by atoms with Crippen molar-refractivity contribution in [3.8, 4) is 0 Å². The zero-order valence-corrected chi connectivity index (χ0v) is 10.4. The minimum atomic E-state index is -0.953. The molecule has 0 saturated heterocycles. The van der Waals surface area contributed by atoms with Crippen molar-refractivity contribution in [3.05, 3.63) is 35.9 Å². The first kappa shape index (κ1) is 14.0. The van der Waals surface area contributed by atoms with Crippen LogP contribution in [0.25, 0.3) is 0 Å². The highest BCUT2D eigenvalue weighted by atomic mass is 16.5. The van der Waals surface area contributed by atoms with Crippen LogP contribution in [0.1, 0.15) is 19.4 Å². The quantitative estimate of drug-likeness (QED) is 0.839. The predicted octanol–water partition coefficient (Wildman–Crippen LogP) is 2.02. The highest BCUT2D eigenvalue weighted by Crippen LogP contribution is 2.04. The molecule has 0 saturated carbocycles. The van der Waals surface area contributed by atoms with Crippen LogP contribution in [-0.2, 0) is 16.1 Å². The van der Waals surface area contributed by atoms with E-state index >= 15 is 0 Å². The lowest BCUT2D eigenvalue weighted by Gasteiger charge is -2.17. The molecule has 2 atom stereocenters. The molecule has 5 nitrogen and oxygen atoms in total. The lowest BCUT2D eigenvalue weighted by molar-refractivity contribution is -0.141. The van der Waals surface area contributed by atoms with Crippen LogP contribution < -0.4 is 5.32 Å². The first-order valence-corrected chi connectivity index (χ1v) is 5.70. The summed E-state index contributed by atoms with van der Waals surface area (Å²) >= 11 is 0. The molecule has 0 aliphatic carbocycles. The summed E-state index contributed by atoms with van der Waals surface area (Å²) in [5.74, 6) is -1.61. The average molecular weight is 251 g/mol. The Kier molecular flexibility index (Phi) is 5.17. The molecular formula is C13H17NO4. The van der Waals surface area contributed by atoms with Crippen molar-refractivity contribution < 1.29 is 19.4 Å². The highest BCUT2D eigenvalue weighted by Gasteiger charge is 2.21. The number of benzene rings is 1. The maximum Gasteiger partial charge on any atom is 0.407 e. The molecule has 0 aliphatic rings. The van der Waals surface area contributed by atoms with Gasteiger partial charge in [-0.1, -0.05) is 30.3 Å². The Labute approximate surface area is 106 Å². The molecule has 0 spiro atoms. The first-order valence-electron chi connectivity index (χ1n) is 5.70. The van der Waals surface area contributed by atoms with Crippen LogP contribution >= 0.6 is 0 Å². The van der Waals surface area contributed by atoms with E-state index in [0.717, 1.165) is 5.56 Å². The van der Waals surface area contributed by atoms with Gasteiger partial charge in [-0.25, -0.2) is 4.79 Å². The Morgan fingerprint density at radius 2 is 1.89 bits per heavy atom. The Morgan fingerprint density at radius 1 is 1.28 bits per heavy atom. The summed E-state index contributed by atoms with van der Waals surface area (Å²) in [4.78, 5) is 22.1. The van der Waals surface area contributed by atoms with E-state index in [2.05, 4.69) is 5.32 Å². The Balaban J connectivity index is 2.36. The maximum atomic E-state index is 11.4. The number of nitrogens with one attached hydrogen (secondary N) is 1. The molecule has 0 fully saturated rings. The van der Waals surface area contributed by atoms with Crippen molar-refractivity contribution in [1.82, 2.24) is 5.32 Å².